The summed E-state index contributed by atoms with van der Waals surface area (Å²) in [4.78, 5) is 10.6. The third kappa shape index (κ3) is 2.50. The maximum atomic E-state index is 4.77. The Morgan fingerprint density at radius 1 is 1.23 bits per heavy atom. The van der Waals surface area contributed by atoms with E-state index in [4.69, 9.17) is 9.61 Å². The Hall–Kier alpha value is -2.21. The molecule has 1 saturated heterocycles. The highest BCUT2D eigenvalue weighted by Crippen LogP contribution is 2.28. The molecule has 1 aromatic carbocycles. The van der Waals surface area contributed by atoms with E-state index in [2.05, 4.69) is 32.3 Å². The van der Waals surface area contributed by atoms with Gasteiger partial charge in [-0.25, -0.2) is 9.61 Å². The number of benzene rings is 1. The first-order chi connectivity index (χ1) is 10.8. The number of H-pyrrole nitrogens is 1. The van der Waals surface area contributed by atoms with Crippen LogP contribution in [0.15, 0.2) is 28.9 Å². The number of fused-ring (bicyclic) bond motifs is 1. The number of aryl methyl sites for hydroxylation is 1. The molecule has 0 aliphatic carbocycles. The molecule has 4 rings (SSSR count). The third-order valence-corrected chi connectivity index (χ3v) is 4.50. The highest BCUT2D eigenvalue weighted by molar-refractivity contribution is 5.74. The van der Waals surface area contributed by atoms with E-state index in [1.54, 1.807) is 0 Å². The minimum Gasteiger partial charge on any atom is -0.342 e. The molecule has 1 fully saturated rings. The van der Waals surface area contributed by atoms with Gasteiger partial charge in [-0.05, 0) is 45.0 Å². The summed E-state index contributed by atoms with van der Waals surface area (Å²) < 4.78 is 4.77. The average molecular weight is 297 g/mol. The van der Waals surface area contributed by atoms with Crippen LogP contribution in [0.25, 0.3) is 11.0 Å². The van der Waals surface area contributed by atoms with Crippen molar-refractivity contribution < 1.29 is 4.63 Å². The van der Waals surface area contributed by atoms with E-state index in [9.17, 15) is 0 Å². The van der Waals surface area contributed by atoms with E-state index in [0.29, 0.717) is 5.92 Å². The van der Waals surface area contributed by atoms with Gasteiger partial charge in [-0.15, -0.1) is 0 Å². The van der Waals surface area contributed by atoms with Gasteiger partial charge in [0.2, 0.25) is 0 Å². The lowest BCUT2D eigenvalue weighted by Crippen LogP contribution is -2.33. The minimum absolute atomic E-state index is 0.514. The number of imidazole rings is 1. The fourth-order valence-electron chi connectivity index (χ4n) is 3.14. The summed E-state index contributed by atoms with van der Waals surface area (Å²) in [5, 5.41) is 7.81. The second kappa shape index (κ2) is 5.53. The number of likely N-dealkylation sites (tertiary alicyclic amines) is 1. The molecule has 2 aromatic heterocycles. The summed E-state index contributed by atoms with van der Waals surface area (Å²) in [5.41, 5.74) is 4.02. The molecule has 0 unspecified atom stereocenters. The van der Waals surface area contributed by atoms with Crippen molar-refractivity contribution in [2.24, 2.45) is 0 Å². The highest BCUT2D eigenvalue weighted by Gasteiger charge is 2.24. The first-order valence-corrected chi connectivity index (χ1v) is 7.74. The van der Waals surface area contributed by atoms with Gasteiger partial charge in [0.05, 0.1) is 11.0 Å². The van der Waals surface area contributed by atoms with Crippen LogP contribution in [0.2, 0.25) is 0 Å². The largest absolute Gasteiger partial charge is 0.342 e. The van der Waals surface area contributed by atoms with Crippen LogP contribution in [-0.4, -0.2) is 38.3 Å². The van der Waals surface area contributed by atoms with Crippen LogP contribution in [0.1, 0.15) is 36.0 Å². The molecule has 6 heteroatoms. The van der Waals surface area contributed by atoms with E-state index >= 15 is 0 Å². The quantitative estimate of drug-likeness (QED) is 0.804. The molecule has 0 atom stereocenters. The third-order valence-electron chi connectivity index (χ3n) is 4.50. The number of hydrogen-bond donors (Lipinski definition) is 1. The topological polar surface area (TPSA) is 70.8 Å². The van der Waals surface area contributed by atoms with Gasteiger partial charge in [-0.1, -0.05) is 22.4 Å². The SMILES string of the molecule is Cc1nonc1CN1CCC(c2nc3ccccc3[nH]2)CC1. The lowest BCUT2D eigenvalue weighted by molar-refractivity contribution is 0.195. The predicted molar refractivity (Wildman–Crippen MR) is 82.4 cm³/mol. The number of rotatable bonds is 3. The first kappa shape index (κ1) is 13.5. The average Bonchev–Trinajstić information content (AvgIpc) is 3.15. The molecule has 1 aliphatic rings. The summed E-state index contributed by atoms with van der Waals surface area (Å²) in [7, 11) is 0. The fourth-order valence-corrected chi connectivity index (χ4v) is 3.14. The Morgan fingerprint density at radius 2 is 2.05 bits per heavy atom. The maximum Gasteiger partial charge on any atom is 0.122 e. The Labute approximate surface area is 128 Å². The van der Waals surface area contributed by atoms with E-state index in [1.807, 2.05) is 19.1 Å². The van der Waals surface area contributed by atoms with Gasteiger partial charge in [-0.2, -0.15) is 0 Å². The van der Waals surface area contributed by atoms with Crippen LogP contribution in [0.4, 0.5) is 0 Å². The predicted octanol–water partition coefficient (Wildman–Crippen LogP) is 2.63. The Morgan fingerprint density at radius 3 is 2.77 bits per heavy atom. The van der Waals surface area contributed by atoms with Gasteiger partial charge in [0.25, 0.3) is 0 Å². The molecule has 22 heavy (non-hydrogen) atoms. The van der Waals surface area contributed by atoms with Crippen molar-refractivity contribution in [2.75, 3.05) is 13.1 Å². The van der Waals surface area contributed by atoms with E-state index in [0.717, 1.165) is 60.7 Å². The monoisotopic (exact) mass is 297 g/mol. The van der Waals surface area contributed by atoms with Gasteiger partial charge in [-0.3, -0.25) is 4.90 Å². The molecule has 1 N–H and O–H groups in total. The number of hydrogen-bond acceptors (Lipinski definition) is 5. The molecule has 0 bridgehead atoms. The lowest BCUT2D eigenvalue weighted by Gasteiger charge is -2.30. The van der Waals surface area contributed by atoms with Gasteiger partial charge < -0.3 is 4.98 Å². The fraction of sp³-hybridized carbons (Fsp3) is 0.438. The van der Waals surface area contributed by atoms with Gasteiger partial charge >= 0.3 is 0 Å². The zero-order chi connectivity index (χ0) is 14.9. The summed E-state index contributed by atoms with van der Waals surface area (Å²) in [6.07, 6.45) is 2.23. The molecular formula is C16H19N5O. The molecule has 3 aromatic rings. The second-order valence-corrected chi connectivity index (χ2v) is 5.99. The van der Waals surface area contributed by atoms with Crippen LogP contribution in [0.5, 0.6) is 0 Å². The zero-order valence-corrected chi connectivity index (χ0v) is 12.6. The van der Waals surface area contributed by atoms with Crippen molar-refractivity contribution in [3.63, 3.8) is 0 Å². The molecule has 114 valence electrons. The van der Waals surface area contributed by atoms with Crippen molar-refractivity contribution in [1.82, 2.24) is 25.2 Å². The highest BCUT2D eigenvalue weighted by atomic mass is 16.6. The van der Waals surface area contributed by atoms with E-state index in [1.165, 1.54) is 0 Å². The van der Waals surface area contributed by atoms with E-state index in [-0.39, 0.29) is 0 Å². The summed E-state index contributed by atoms with van der Waals surface area (Å²) in [6.45, 7) is 4.86. The van der Waals surface area contributed by atoms with Crippen molar-refractivity contribution >= 4 is 11.0 Å². The Bertz CT molecular complexity index is 737. The van der Waals surface area contributed by atoms with Gasteiger partial charge in [0, 0.05) is 12.5 Å². The van der Waals surface area contributed by atoms with Crippen molar-refractivity contribution in [1.29, 1.82) is 0 Å². The Kier molecular flexibility index (Phi) is 3.38. The standard InChI is InChI=1S/C16H19N5O/c1-11-15(20-22-19-11)10-21-8-6-12(7-9-21)16-17-13-4-2-3-5-14(13)18-16/h2-5,12H,6-10H2,1H3,(H,17,18). The normalized spacial score (nSPS) is 17.3. The van der Waals surface area contributed by atoms with Crippen LogP contribution in [0.3, 0.4) is 0 Å². The van der Waals surface area contributed by atoms with Crippen LogP contribution in [0, 0.1) is 6.92 Å². The molecular weight excluding hydrogens is 278 g/mol. The van der Waals surface area contributed by atoms with Crippen LogP contribution >= 0.6 is 0 Å². The maximum absolute atomic E-state index is 4.77. The van der Waals surface area contributed by atoms with Gasteiger partial charge in [0.15, 0.2) is 0 Å². The summed E-state index contributed by atoms with van der Waals surface area (Å²) >= 11 is 0. The molecule has 0 spiro atoms. The number of aromatic amines is 1. The first-order valence-electron chi connectivity index (χ1n) is 7.74. The summed E-state index contributed by atoms with van der Waals surface area (Å²) in [5.74, 6) is 1.64. The summed E-state index contributed by atoms with van der Waals surface area (Å²) in [6, 6.07) is 8.22. The number of nitrogens with one attached hydrogen (secondary N) is 1. The smallest absolute Gasteiger partial charge is 0.122 e. The molecule has 0 saturated carbocycles. The number of piperidine rings is 1. The van der Waals surface area contributed by atoms with Crippen molar-refractivity contribution in [3.8, 4) is 0 Å². The molecule has 1 aliphatic heterocycles. The lowest BCUT2D eigenvalue weighted by atomic mass is 9.96. The molecule has 0 radical (unpaired) electrons. The second-order valence-electron chi connectivity index (χ2n) is 5.99. The van der Waals surface area contributed by atoms with E-state index < -0.39 is 0 Å². The number of nitrogens with zero attached hydrogens (tertiary/aromatic N) is 4. The van der Waals surface area contributed by atoms with Crippen molar-refractivity contribution in [3.05, 3.63) is 41.5 Å². The number of aromatic nitrogens is 4. The molecule has 0 amide bonds. The van der Waals surface area contributed by atoms with Crippen LogP contribution in [-0.2, 0) is 6.54 Å². The van der Waals surface area contributed by atoms with Gasteiger partial charge in [0.1, 0.15) is 17.2 Å². The Balaban J connectivity index is 1.42. The van der Waals surface area contributed by atoms with Crippen LogP contribution < -0.4 is 0 Å². The van der Waals surface area contributed by atoms with Crippen molar-refractivity contribution in [2.45, 2.75) is 32.2 Å². The molecule has 3 heterocycles. The zero-order valence-electron chi connectivity index (χ0n) is 12.6. The minimum atomic E-state index is 0.514. The number of para-hydroxylation sites is 2. The molecule has 6 nitrogen and oxygen atoms in total.